The van der Waals surface area contributed by atoms with Crippen molar-refractivity contribution in [2.24, 2.45) is 0 Å². The van der Waals surface area contributed by atoms with Crippen molar-refractivity contribution in [3.63, 3.8) is 0 Å². The third kappa shape index (κ3) is 4.07. The van der Waals surface area contributed by atoms with Crippen LogP contribution in [0.1, 0.15) is 56.8 Å². The quantitative estimate of drug-likeness (QED) is 0.587. The van der Waals surface area contributed by atoms with Crippen molar-refractivity contribution in [2.45, 2.75) is 68.6 Å². The van der Waals surface area contributed by atoms with E-state index in [1.54, 1.807) is 11.8 Å². The maximum atomic E-state index is 12.0. The summed E-state index contributed by atoms with van der Waals surface area (Å²) in [5, 5.41) is 16.0. The van der Waals surface area contributed by atoms with Crippen LogP contribution in [0.4, 0.5) is 0 Å². The lowest BCUT2D eigenvalue weighted by Gasteiger charge is -2.16. The molecule has 0 unspecified atom stereocenters. The highest BCUT2D eigenvalue weighted by Crippen LogP contribution is 2.33. The molecule has 0 radical (unpaired) electrons. The molecule has 1 aliphatic heterocycles. The fourth-order valence-corrected chi connectivity index (χ4v) is 4.21. The maximum absolute atomic E-state index is 12.0. The van der Waals surface area contributed by atoms with Gasteiger partial charge in [-0.05, 0) is 44.9 Å². The fourth-order valence-electron chi connectivity index (χ4n) is 3.64. The van der Waals surface area contributed by atoms with Crippen LogP contribution in [0.15, 0.2) is 5.16 Å². The molecule has 1 aliphatic carbocycles. The van der Waals surface area contributed by atoms with Crippen LogP contribution in [0.5, 0.6) is 0 Å². The number of aromatic nitrogens is 3. The highest BCUT2D eigenvalue weighted by Gasteiger charge is 2.24. The summed E-state index contributed by atoms with van der Waals surface area (Å²) in [6.45, 7) is 1.67. The van der Waals surface area contributed by atoms with Gasteiger partial charge in [0.2, 0.25) is 5.91 Å². The van der Waals surface area contributed by atoms with Gasteiger partial charge in [-0.15, -0.1) is 10.2 Å². The minimum atomic E-state index is 0.0141. The van der Waals surface area contributed by atoms with E-state index < -0.39 is 0 Å². The summed E-state index contributed by atoms with van der Waals surface area (Å²) in [7, 11) is 0. The lowest BCUT2D eigenvalue weighted by molar-refractivity contribution is -0.122. The number of carbonyl (C=O) groups is 1. The number of amides is 1. The van der Waals surface area contributed by atoms with Gasteiger partial charge in [0, 0.05) is 19.0 Å². The average molecular weight is 337 g/mol. The van der Waals surface area contributed by atoms with Gasteiger partial charge in [-0.1, -0.05) is 24.6 Å². The van der Waals surface area contributed by atoms with Crippen LogP contribution in [0.2, 0.25) is 0 Å². The summed E-state index contributed by atoms with van der Waals surface area (Å²) in [5.41, 5.74) is 0. The van der Waals surface area contributed by atoms with E-state index >= 15 is 0 Å². The summed E-state index contributed by atoms with van der Waals surface area (Å²) < 4.78 is 2.35. The average Bonchev–Trinajstić information content (AvgIpc) is 3.32. The normalized spacial score (nSPS) is 21.9. The summed E-state index contributed by atoms with van der Waals surface area (Å²) >= 11 is 1.68. The first-order chi connectivity index (χ1) is 11.3. The molecule has 1 saturated heterocycles. The second kappa shape index (κ2) is 8.15. The Kier molecular flexibility index (Phi) is 5.94. The van der Waals surface area contributed by atoms with Crippen LogP contribution < -0.4 is 10.6 Å². The van der Waals surface area contributed by atoms with Crippen molar-refractivity contribution >= 4 is 17.7 Å². The third-order valence-electron chi connectivity index (χ3n) is 4.86. The van der Waals surface area contributed by atoms with Gasteiger partial charge in [0.05, 0.1) is 6.04 Å². The molecule has 1 aromatic heterocycles. The zero-order valence-electron chi connectivity index (χ0n) is 13.9. The van der Waals surface area contributed by atoms with E-state index in [0.717, 1.165) is 43.2 Å². The van der Waals surface area contributed by atoms with Crippen molar-refractivity contribution in [2.75, 3.05) is 19.3 Å². The topological polar surface area (TPSA) is 71.8 Å². The first-order valence-electron chi connectivity index (χ1n) is 8.78. The predicted octanol–water partition coefficient (Wildman–Crippen LogP) is 1.92. The Labute approximate surface area is 142 Å². The second-order valence-corrected chi connectivity index (χ2v) is 7.23. The molecule has 0 spiro atoms. The van der Waals surface area contributed by atoms with Crippen LogP contribution in [0.3, 0.4) is 0 Å². The summed E-state index contributed by atoms with van der Waals surface area (Å²) in [6, 6.07) is 0.583. The third-order valence-corrected chi connectivity index (χ3v) is 5.50. The van der Waals surface area contributed by atoms with Crippen LogP contribution in [0.25, 0.3) is 0 Å². The Morgan fingerprint density at radius 3 is 2.83 bits per heavy atom. The zero-order chi connectivity index (χ0) is 16.1. The van der Waals surface area contributed by atoms with Gasteiger partial charge in [-0.25, -0.2) is 0 Å². The standard InChI is InChI=1S/C16H27N5OS/c1-23-16-20-19-14(21(16)12-6-2-3-7-12)9-5-11-18-15(22)13-8-4-10-17-13/h12-13,17H,2-11H2,1H3,(H,18,22)/t13-/m0/s1. The van der Waals surface area contributed by atoms with Crippen molar-refractivity contribution in [3.05, 3.63) is 5.82 Å². The zero-order valence-corrected chi connectivity index (χ0v) is 14.7. The smallest absolute Gasteiger partial charge is 0.237 e. The summed E-state index contributed by atoms with van der Waals surface area (Å²) in [6.07, 6.45) is 11.0. The Morgan fingerprint density at radius 1 is 1.30 bits per heavy atom. The Bertz CT molecular complexity index is 521. The van der Waals surface area contributed by atoms with Crippen molar-refractivity contribution in [3.8, 4) is 0 Å². The molecule has 3 rings (SSSR count). The highest BCUT2D eigenvalue weighted by atomic mass is 32.2. The van der Waals surface area contributed by atoms with E-state index in [-0.39, 0.29) is 11.9 Å². The van der Waals surface area contributed by atoms with Crippen molar-refractivity contribution in [1.29, 1.82) is 0 Å². The van der Waals surface area contributed by atoms with E-state index in [2.05, 4.69) is 31.7 Å². The molecule has 1 atom stereocenters. The van der Waals surface area contributed by atoms with Crippen molar-refractivity contribution < 1.29 is 4.79 Å². The minimum absolute atomic E-state index is 0.0141. The summed E-state index contributed by atoms with van der Waals surface area (Å²) in [4.78, 5) is 12.0. The fraction of sp³-hybridized carbons (Fsp3) is 0.812. The molecule has 2 aliphatic rings. The number of thioether (sulfide) groups is 1. The summed E-state index contributed by atoms with van der Waals surface area (Å²) in [5.74, 6) is 1.22. The lowest BCUT2D eigenvalue weighted by Crippen LogP contribution is -2.40. The molecular formula is C16H27N5OS. The molecule has 2 fully saturated rings. The van der Waals surface area contributed by atoms with Crippen LogP contribution in [0, 0.1) is 0 Å². The molecule has 0 aromatic carbocycles. The monoisotopic (exact) mass is 337 g/mol. The van der Waals surface area contributed by atoms with E-state index in [1.807, 2.05) is 0 Å². The van der Waals surface area contributed by atoms with Gasteiger partial charge in [0.25, 0.3) is 0 Å². The second-order valence-electron chi connectivity index (χ2n) is 6.45. The van der Waals surface area contributed by atoms with Crippen LogP contribution in [-0.2, 0) is 11.2 Å². The van der Waals surface area contributed by atoms with Gasteiger partial charge < -0.3 is 15.2 Å². The molecule has 0 bridgehead atoms. The number of hydrogen-bond donors (Lipinski definition) is 2. The number of hydrogen-bond acceptors (Lipinski definition) is 5. The first kappa shape index (κ1) is 16.8. The molecule has 2 heterocycles. The van der Waals surface area contributed by atoms with Gasteiger partial charge in [-0.2, -0.15) is 0 Å². The predicted molar refractivity (Wildman–Crippen MR) is 91.7 cm³/mol. The number of nitrogens with one attached hydrogen (secondary N) is 2. The Hall–Kier alpha value is -1.08. The molecule has 128 valence electrons. The SMILES string of the molecule is CSc1nnc(CCCNC(=O)[C@@H]2CCCN2)n1C1CCCC1. The highest BCUT2D eigenvalue weighted by molar-refractivity contribution is 7.98. The Balaban J connectivity index is 1.49. The van der Waals surface area contributed by atoms with E-state index in [4.69, 9.17) is 0 Å². The van der Waals surface area contributed by atoms with Gasteiger partial charge >= 0.3 is 0 Å². The number of carbonyl (C=O) groups excluding carboxylic acids is 1. The van der Waals surface area contributed by atoms with Gasteiger partial charge in [0.15, 0.2) is 5.16 Å². The van der Waals surface area contributed by atoms with E-state index in [9.17, 15) is 4.79 Å². The first-order valence-corrected chi connectivity index (χ1v) is 10.0. The molecular weight excluding hydrogens is 310 g/mol. The molecule has 1 saturated carbocycles. The largest absolute Gasteiger partial charge is 0.355 e. The van der Waals surface area contributed by atoms with Crippen LogP contribution in [-0.4, -0.2) is 46.1 Å². The maximum Gasteiger partial charge on any atom is 0.237 e. The molecule has 23 heavy (non-hydrogen) atoms. The number of nitrogens with zero attached hydrogens (tertiary/aromatic N) is 3. The van der Waals surface area contributed by atoms with Gasteiger partial charge in [0.1, 0.15) is 5.82 Å². The van der Waals surface area contributed by atoms with E-state index in [1.165, 1.54) is 25.7 Å². The van der Waals surface area contributed by atoms with E-state index in [0.29, 0.717) is 12.6 Å². The number of rotatable bonds is 7. The molecule has 1 aromatic rings. The molecule has 1 amide bonds. The number of aryl methyl sites for hydroxylation is 1. The molecule has 6 nitrogen and oxygen atoms in total. The van der Waals surface area contributed by atoms with Crippen molar-refractivity contribution in [1.82, 2.24) is 25.4 Å². The molecule has 7 heteroatoms. The lowest BCUT2D eigenvalue weighted by atomic mass is 10.2. The minimum Gasteiger partial charge on any atom is -0.355 e. The van der Waals surface area contributed by atoms with Gasteiger partial charge in [-0.3, -0.25) is 4.79 Å². The van der Waals surface area contributed by atoms with Crippen LogP contribution >= 0.6 is 11.8 Å². The Morgan fingerprint density at radius 2 is 2.13 bits per heavy atom. The molecule has 2 N–H and O–H groups in total.